The van der Waals surface area contributed by atoms with Crippen molar-refractivity contribution in [2.45, 2.75) is 76.6 Å². The summed E-state index contributed by atoms with van der Waals surface area (Å²) in [5, 5.41) is 42.5. The second-order valence-corrected chi connectivity index (χ2v) is 9.40. The van der Waals surface area contributed by atoms with Crippen LogP contribution >= 0.6 is 0 Å². The average molecular weight is 346 g/mol. The van der Waals surface area contributed by atoms with Gasteiger partial charge in [0, 0.05) is 5.41 Å². The summed E-state index contributed by atoms with van der Waals surface area (Å²) in [6.07, 6.45) is 9.37. The highest BCUT2D eigenvalue weighted by molar-refractivity contribution is 5.31. The third-order valence-electron chi connectivity index (χ3n) is 8.65. The minimum Gasteiger partial charge on any atom is -0.510 e. The van der Waals surface area contributed by atoms with Gasteiger partial charge >= 0.3 is 0 Å². The van der Waals surface area contributed by atoms with Crippen molar-refractivity contribution >= 4 is 0 Å². The van der Waals surface area contributed by atoms with Crippen molar-refractivity contribution in [3.63, 3.8) is 0 Å². The molecule has 0 heterocycles. The second-order valence-electron chi connectivity index (χ2n) is 9.40. The van der Waals surface area contributed by atoms with Crippen LogP contribution in [0.3, 0.4) is 0 Å². The Kier molecular flexibility index (Phi) is 3.65. The smallest absolute Gasteiger partial charge is 0.130 e. The highest BCUT2D eigenvalue weighted by Gasteiger charge is 2.65. The first kappa shape index (κ1) is 17.4. The number of terminal acetylenes is 1. The van der Waals surface area contributed by atoms with Gasteiger partial charge in [-0.1, -0.05) is 19.8 Å². The zero-order valence-corrected chi connectivity index (χ0v) is 15.2. The topological polar surface area (TPSA) is 80.9 Å². The molecule has 4 aliphatic rings. The molecule has 0 radical (unpaired) electrons. The van der Waals surface area contributed by atoms with Gasteiger partial charge in [-0.25, -0.2) is 0 Å². The maximum absolute atomic E-state index is 11.0. The van der Waals surface area contributed by atoms with Crippen molar-refractivity contribution in [3.8, 4) is 12.3 Å². The lowest BCUT2D eigenvalue weighted by molar-refractivity contribution is -0.138. The van der Waals surface area contributed by atoms with E-state index in [1.807, 2.05) is 0 Å². The lowest BCUT2D eigenvalue weighted by atomic mass is 9.45. The summed E-state index contributed by atoms with van der Waals surface area (Å²) in [5.41, 5.74) is -0.748. The van der Waals surface area contributed by atoms with Crippen LogP contribution in [-0.2, 0) is 0 Å². The van der Waals surface area contributed by atoms with Crippen LogP contribution in [0.4, 0.5) is 0 Å². The summed E-state index contributed by atoms with van der Waals surface area (Å²) in [7, 11) is 0. The number of aliphatic hydroxyl groups excluding tert-OH is 3. The molecule has 0 aliphatic heterocycles. The SMILES string of the molecule is C#C[C@]1(O)CC[C@H]2[C@@H]3[C@H](O)CC4=C(O)[C@@H](O)CC[C@]4(C)[C@H]3CC[C@@]21C. The maximum atomic E-state index is 11.0. The maximum Gasteiger partial charge on any atom is 0.130 e. The third-order valence-corrected chi connectivity index (χ3v) is 8.65. The van der Waals surface area contributed by atoms with E-state index in [9.17, 15) is 20.4 Å². The Bertz CT molecular complexity index is 663. The van der Waals surface area contributed by atoms with E-state index in [-0.39, 0.29) is 34.3 Å². The monoisotopic (exact) mass is 346 g/mol. The Morgan fingerprint density at radius 2 is 1.72 bits per heavy atom. The Hall–Kier alpha value is -1.02. The van der Waals surface area contributed by atoms with Crippen LogP contribution in [0, 0.1) is 40.9 Å². The van der Waals surface area contributed by atoms with E-state index in [2.05, 4.69) is 19.8 Å². The molecule has 0 aromatic rings. The summed E-state index contributed by atoms with van der Waals surface area (Å²) in [4.78, 5) is 0. The van der Waals surface area contributed by atoms with Gasteiger partial charge in [-0.2, -0.15) is 0 Å². The van der Waals surface area contributed by atoms with Crippen LogP contribution in [-0.4, -0.2) is 38.2 Å². The Morgan fingerprint density at radius 3 is 2.40 bits per heavy atom. The Labute approximate surface area is 150 Å². The molecule has 0 aromatic carbocycles. The number of rotatable bonds is 0. The first-order chi connectivity index (χ1) is 11.7. The van der Waals surface area contributed by atoms with E-state index < -0.39 is 17.8 Å². The summed E-state index contributed by atoms with van der Waals surface area (Å²) < 4.78 is 0. The summed E-state index contributed by atoms with van der Waals surface area (Å²) in [5.74, 6) is 3.31. The van der Waals surface area contributed by atoms with Gasteiger partial charge in [-0.3, -0.25) is 0 Å². The van der Waals surface area contributed by atoms with Crippen molar-refractivity contribution in [1.82, 2.24) is 0 Å². The van der Waals surface area contributed by atoms with Gasteiger partial charge in [0.1, 0.15) is 17.5 Å². The van der Waals surface area contributed by atoms with Crippen molar-refractivity contribution in [3.05, 3.63) is 11.3 Å². The first-order valence-corrected chi connectivity index (χ1v) is 9.67. The molecule has 0 saturated heterocycles. The fourth-order valence-corrected chi connectivity index (χ4v) is 7.04. The summed E-state index contributed by atoms with van der Waals surface area (Å²) in [6, 6.07) is 0. The molecule has 138 valence electrons. The van der Waals surface area contributed by atoms with Gasteiger partial charge < -0.3 is 20.4 Å². The second kappa shape index (κ2) is 5.25. The minimum atomic E-state index is -1.08. The molecule has 0 spiro atoms. The van der Waals surface area contributed by atoms with Gasteiger partial charge in [-0.15, -0.1) is 6.42 Å². The highest BCUT2D eigenvalue weighted by atomic mass is 16.3. The van der Waals surface area contributed by atoms with Crippen LogP contribution in [0.25, 0.3) is 0 Å². The quantitative estimate of drug-likeness (QED) is 0.508. The molecule has 8 atom stereocenters. The lowest BCUT2D eigenvalue weighted by Crippen LogP contribution is -2.58. The van der Waals surface area contributed by atoms with Gasteiger partial charge in [0.25, 0.3) is 0 Å². The molecular weight excluding hydrogens is 316 g/mol. The number of hydrogen-bond acceptors (Lipinski definition) is 4. The van der Waals surface area contributed by atoms with Crippen molar-refractivity contribution in [2.24, 2.45) is 28.6 Å². The number of aliphatic hydroxyl groups is 4. The molecule has 0 amide bonds. The third kappa shape index (κ3) is 2.01. The van der Waals surface area contributed by atoms with Crippen molar-refractivity contribution in [1.29, 1.82) is 0 Å². The van der Waals surface area contributed by atoms with Gasteiger partial charge in [0.2, 0.25) is 0 Å². The van der Waals surface area contributed by atoms with E-state index in [0.717, 1.165) is 31.3 Å². The lowest BCUT2D eigenvalue weighted by Gasteiger charge is -2.60. The zero-order chi connectivity index (χ0) is 18.2. The van der Waals surface area contributed by atoms with Crippen LogP contribution in [0.5, 0.6) is 0 Å². The van der Waals surface area contributed by atoms with Crippen LogP contribution in [0.1, 0.15) is 58.8 Å². The first-order valence-electron chi connectivity index (χ1n) is 9.67. The zero-order valence-electron chi connectivity index (χ0n) is 15.2. The Morgan fingerprint density at radius 1 is 1.04 bits per heavy atom. The largest absolute Gasteiger partial charge is 0.510 e. The highest BCUT2D eigenvalue weighted by Crippen LogP contribution is 2.67. The normalized spacial score (nSPS) is 55.1. The molecule has 3 saturated carbocycles. The van der Waals surface area contributed by atoms with E-state index in [0.29, 0.717) is 19.3 Å². The predicted octanol–water partition coefficient (Wildman–Crippen LogP) is 2.53. The molecule has 4 heteroatoms. The van der Waals surface area contributed by atoms with E-state index in [4.69, 9.17) is 6.42 Å². The molecule has 4 aliphatic carbocycles. The number of fused-ring (bicyclic) bond motifs is 5. The number of hydrogen-bond donors (Lipinski definition) is 4. The van der Waals surface area contributed by atoms with Crippen molar-refractivity contribution < 1.29 is 20.4 Å². The summed E-state index contributed by atoms with van der Waals surface area (Å²) in [6.45, 7) is 4.29. The van der Waals surface area contributed by atoms with E-state index in [1.165, 1.54) is 0 Å². The molecule has 4 rings (SSSR count). The predicted molar refractivity (Wildman–Crippen MR) is 94.5 cm³/mol. The van der Waals surface area contributed by atoms with Crippen LogP contribution < -0.4 is 0 Å². The van der Waals surface area contributed by atoms with Gasteiger partial charge in [0.05, 0.1) is 6.10 Å². The average Bonchev–Trinajstić information content (AvgIpc) is 2.86. The fraction of sp³-hybridized carbons (Fsp3) is 0.810. The van der Waals surface area contributed by atoms with Gasteiger partial charge in [-0.05, 0) is 73.7 Å². The van der Waals surface area contributed by atoms with Crippen LogP contribution in [0.15, 0.2) is 11.3 Å². The molecule has 0 unspecified atom stereocenters. The molecular formula is C21H30O4. The molecule has 3 fully saturated rings. The molecule has 4 nitrogen and oxygen atoms in total. The van der Waals surface area contributed by atoms with E-state index in [1.54, 1.807) is 0 Å². The molecule has 0 bridgehead atoms. The minimum absolute atomic E-state index is 0.0890. The fourth-order valence-electron chi connectivity index (χ4n) is 7.04. The standard InChI is InChI=1S/C21H30O4/c1-4-21(25)10-6-13-17-12(5-9-20(13,21)3)19(2)8-7-15(22)18(24)14(19)11-16(17)23/h1,12-13,15-17,22-25H,5-11H2,2-3H3/t12-,13-,15-,16+,17+,19+,20-,21-/m0/s1. The van der Waals surface area contributed by atoms with Crippen LogP contribution in [0.2, 0.25) is 0 Å². The van der Waals surface area contributed by atoms with E-state index >= 15 is 0 Å². The molecule has 0 aromatic heterocycles. The molecule has 4 N–H and O–H groups in total. The molecule has 25 heavy (non-hydrogen) atoms. The Balaban J connectivity index is 1.76. The van der Waals surface area contributed by atoms with Gasteiger partial charge in [0.15, 0.2) is 0 Å². The summed E-state index contributed by atoms with van der Waals surface area (Å²) >= 11 is 0. The van der Waals surface area contributed by atoms with Crippen molar-refractivity contribution in [2.75, 3.05) is 0 Å².